The summed E-state index contributed by atoms with van der Waals surface area (Å²) in [5, 5.41) is 8.91. The second-order valence-corrected chi connectivity index (χ2v) is 7.02. The van der Waals surface area contributed by atoms with Gasteiger partial charge in [0.2, 0.25) is 5.91 Å². The van der Waals surface area contributed by atoms with Gasteiger partial charge in [-0.1, -0.05) is 23.7 Å². The average molecular weight is 378 g/mol. The molecule has 0 fully saturated rings. The minimum absolute atomic E-state index is 0.0641. The highest BCUT2D eigenvalue weighted by Gasteiger charge is 2.07. The van der Waals surface area contributed by atoms with Crippen molar-refractivity contribution < 1.29 is 9.59 Å². The van der Waals surface area contributed by atoms with Gasteiger partial charge in [0.1, 0.15) is 0 Å². The van der Waals surface area contributed by atoms with Crippen LogP contribution in [0.4, 0.5) is 16.2 Å². The Balaban J connectivity index is 1.83. The second kappa shape index (κ2) is 9.34. The van der Waals surface area contributed by atoms with Gasteiger partial charge in [0.05, 0.1) is 10.8 Å². The predicted octanol–water partition coefficient (Wildman–Crippen LogP) is 4.60. The SMILES string of the molecule is CC(C)NC(=O)Nc1ccc(NC(=O)CSc2ccccc2Cl)cc1. The molecule has 25 heavy (non-hydrogen) atoms. The first kappa shape index (κ1) is 19.1. The van der Waals surface area contributed by atoms with Gasteiger partial charge in [-0.2, -0.15) is 0 Å². The lowest BCUT2D eigenvalue weighted by molar-refractivity contribution is -0.113. The predicted molar refractivity (Wildman–Crippen MR) is 105 cm³/mol. The van der Waals surface area contributed by atoms with Gasteiger partial charge in [-0.15, -0.1) is 11.8 Å². The summed E-state index contributed by atoms with van der Waals surface area (Å²) in [6.45, 7) is 3.78. The zero-order valence-corrected chi connectivity index (χ0v) is 15.6. The third-order valence-corrected chi connectivity index (χ3v) is 4.56. The van der Waals surface area contributed by atoms with Crippen molar-refractivity contribution in [3.63, 3.8) is 0 Å². The second-order valence-electron chi connectivity index (χ2n) is 5.60. The van der Waals surface area contributed by atoms with Crippen LogP contribution in [-0.2, 0) is 4.79 Å². The molecular weight excluding hydrogens is 358 g/mol. The summed E-state index contributed by atoms with van der Waals surface area (Å²) in [5.41, 5.74) is 1.32. The molecule has 2 aromatic rings. The number of anilines is 2. The topological polar surface area (TPSA) is 70.2 Å². The van der Waals surface area contributed by atoms with E-state index in [2.05, 4.69) is 16.0 Å². The largest absolute Gasteiger partial charge is 0.336 e. The van der Waals surface area contributed by atoms with E-state index < -0.39 is 0 Å². The molecule has 0 aliphatic rings. The first-order valence-electron chi connectivity index (χ1n) is 7.79. The van der Waals surface area contributed by atoms with E-state index in [-0.39, 0.29) is 23.7 Å². The summed E-state index contributed by atoms with van der Waals surface area (Å²) in [7, 11) is 0. The smallest absolute Gasteiger partial charge is 0.319 e. The van der Waals surface area contributed by atoms with Gasteiger partial charge in [-0.25, -0.2) is 4.79 Å². The van der Waals surface area contributed by atoms with Crippen molar-refractivity contribution in [1.82, 2.24) is 5.32 Å². The zero-order chi connectivity index (χ0) is 18.2. The Bertz CT molecular complexity index is 735. The van der Waals surface area contributed by atoms with Crippen LogP contribution < -0.4 is 16.0 Å². The van der Waals surface area contributed by atoms with E-state index in [1.807, 2.05) is 32.0 Å². The summed E-state index contributed by atoms with van der Waals surface area (Å²) in [6.07, 6.45) is 0. The van der Waals surface area contributed by atoms with Crippen molar-refractivity contribution in [3.05, 3.63) is 53.6 Å². The highest BCUT2D eigenvalue weighted by Crippen LogP contribution is 2.26. The maximum atomic E-state index is 12.0. The number of amides is 3. The summed E-state index contributed by atoms with van der Waals surface area (Å²) in [6, 6.07) is 14.2. The van der Waals surface area contributed by atoms with Gasteiger partial charge < -0.3 is 16.0 Å². The molecule has 0 aromatic heterocycles. The number of hydrogen-bond donors (Lipinski definition) is 3. The quantitative estimate of drug-likeness (QED) is 0.644. The van der Waals surface area contributed by atoms with E-state index in [1.54, 1.807) is 30.3 Å². The molecule has 0 unspecified atom stereocenters. The summed E-state index contributed by atoms with van der Waals surface area (Å²) < 4.78 is 0. The molecule has 2 aromatic carbocycles. The number of hydrogen-bond acceptors (Lipinski definition) is 3. The van der Waals surface area contributed by atoms with E-state index in [1.165, 1.54) is 11.8 Å². The molecule has 0 aliphatic heterocycles. The molecule has 0 bridgehead atoms. The van der Waals surface area contributed by atoms with Crippen molar-refractivity contribution in [2.24, 2.45) is 0 Å². The Morgan fingerprint density at radius 1 is 1.00 bits per heavy atom. The zero-order valence-electron chi connectivity index (χ0n) is 14.0. The van der Waals surface area contributed by atoms with Crippen molar-refractivity contribution in [2.75, 3.05) is 16.4 Å². The van der Waals surface area contributed by atoms with E-state index in [0.29, 0.717) is 16.4 Å². The lowest BCUT2D eigenvalue weighted by Gasteiger charge is -2.11. The number of urea groups is 1. The van der Waals surface area contributed by atoms with Crippen LogP contribution in [0.1, 0.15) is 13.8 Å². The van der Waals surface area contributed by atoms with E-state index >= 15 is 0 Å². The molecule has 0 atom stereocenters. The van der Waals surface area contributed by atoms with Gasteiger partial charge in [0.25, 0.3) is 0 Å². The fraction of sp³-hybridized carbons (Fsp3) is 0.222. The number of rotatable bonds is 6. The number of benzene rings is 2. The van der Waals surface area contributed by atoms with Crippen LogP contribution in [0, 0.1) is 0 Å². The molecule has 7 heteroatoms. The summed E-state index contributed by atoms with van der Waals surface area (Å²) in [5.74, 6) is 0.142. The van der Waals surface area contributed by atoms with Gasteiger partial charge >= 0.3 is 6.03 Å². The summed E-state index contributed by atoms with van der Waals surface area (Å²) in [4.78, 5) is 24.5. The fourth-order valence-electron chi connectivity index (χ4n) is 1.97. The fourth-order valence-corrected chi connectivity index (χ4v) is 3.01. The van der Waals surface area contributed by atoms with Crippen LogP contribution >= 0.6 is 23.4 Å². The molecular formula is C18H20ClN3O2S. The van der Waals surface area contributed by atoms with Crippen molar-refractivity contribution in [2.45, 2.75) is 24.8 Å². The maximum absolute atomic E-state index is 12.0. The van der Waals surface area contributed by atoms with Gasteiger partial charge in [0, 0.05) is 22.3 Å². The molecule has 0 saturated heterocycles. The number of thioether (sulfide) groups is 1. The van der Waals surface area contributed by atoms with Crippen LogP contribution in [0.3, 0.4) is 0 Å². The molecule has 0 spiro atoms. The first-order chi connectivity index (χ1) is 11.9. The molecule has 0 radical (unpaired) electrons. The third-order valence-electron chi connectivity index (χ3n) is 3.04. The van der Waals surface area contributed by atoms with E-state index in [0.717, 1.165) is 4.90 Å². The van der Waals surface area contributed by atoms with E-state index in [4.69, 9.17) is 11.6 Å². The van der Waals surface area contributed by atoms with Crippen molar-refractivity contribution in [3.8, 4) is 0 Å². The Morgan fingerprint density at radius 3 is 2.20 bits per heavy atom. The molecule has 5 nitrogen and oxygen atoms in total. The number of carbonyl (C=O) groups excluding carboxylic acids is 2. The lowest BCUT2D eigenvalue weighted by atomic mass is 10.3. The highest BCUT2D eigenvalue weighted by atomic mass is 35.5. The van der Waals surface area contributed by atoms with E-state index in [9.17, 15) is 9.59 Å². The number of halogens is 1. The van der Waals surface area contributed by atoms with Crippen molar-refractivity contribution >= 4 is 46.7 Å². The van der Waals surface area contributed by atoms with Crippen LogP contribution in [0.25, 0.3) is 0 Å². The van der Waals surface area contributed by atoms with Gasteiger partial charge in [0.15, 0.2) is 0 Å². The number of carbonyl (C=O) groups is 2. The van der Waals surface area contributed by atoms with Crippen LogP contribution in [0.15, 0.2) is 53.4 Å². The third kappa shape index (κ3) is 6.68. The highest BCUT2D eigenvalue weighted by molar-refractivity contribution is 8.00. The number of nitrogens with one attached hydrogen (secondary N) is 3. The van der Waals surface area contributed by atoms with Crippen LogP contribution in [-0.4, -0.2) is 23.7 Å². The maximum Gasteiger partial charge on any atom is 0.319 e. The Morgan fingerprint density at radius 2 is 1.60 bits per heavy atom. The first-order valence-corrected chi connectivity index (χ1v) is 9.15. The van der Waals surface area contributed by atoms with Crippen LogP contribution in [0.5, 0.6) is 0 Å². The molecule has 0 saturated carbocycles. The minimum Gasteiger partial charge on any atom is -0.336 e. The Labute approximate surface area is 156 Å². The lowest BCUT2D eigenvalue weighted by Crippen LogP contribution is -2.34. The molecule has 2 rings (SSSR count). The normalized spacial score (nSPS) is 10.4. The molecule has 132 valence electrons. The van der Waals surface area contributed by atoms with Gasteiger partial charge in [-0.3, -0.25) is 4.79 Å². The Hall–Kier alpha value is -2.18. The standard InChI is InChI=1S/C18H20ClN3O2S/c1-12(2)20-18(24)22-14-9-7-13(8-10-14)21-17(23)11-25-16-6-4-3-5-15(16)19/h3-10,12H,11H2,1-2H3,(H,21,23)(H2,20,22,24). The van der Waals surface area contributed by atoms with Gasteiger partial charge in [-0.05, 0) is 50.2 Å². The molecule has 3 amide bonds. The molecule has 3 N–H and O–H groups in total. The minimum atomic E-state index is -0.261. The van der Waals surface area contributed by atoms with Crippen LogP contribution in [0.2, 0.25) is 5.02 Å². The molecule has 0 heterocycles. The Kier molecular flexibility index (Phi) is 7.16. The monoisotopic (exact) mass is 377 g/mol. The summed E-state index contributed by atoms with van der Waals surface area (Å²) >= 11 is 7.45. The average Bonchev–Trinajstić information content (AvgIpc) is 2.55. The van der Waals surface area contributed by atoms with Crippen molar-refractivity contribution in [1.29, 1.82) is 0 Å². The molecule has 0 aliphatic carbocycles.